The summed E-state index contributed by atoms with van der Waals surface area (Å²) in [6, 6.07) is 6.73. The molecule has 1 rings (SSSR count). The number of hydrogen-bond acceptors (Lipinski definition) is 3. The molecule has 0 aliphatic rings. The Morgan fingerprint density at radius 1 is 1.25 bits per heavy atom. The third-order valence-electron chi connectivity index (χ3n) is 3.14. The van der Waals surface area contributed by atoms with Gasteiger partial charge in [0, 0.05) is 6.54 Å². The van der Waals surface area contributed by atoms with Gasteiger partial charge in [-0.05, 0) is 18.9 Å². The molecule has 0 spiro atoms. The van der Waals surface area contributed by atoms with E-state index in [4.69, 9.17) is 11.5 Å². The first-order chi connectivity index (χ1) is 9.45. The Labute approximate surface area is 119 Å². The molecule has 0 saturated heterocycles. The van der Waals surface area contributed by atoms with Crippen molar-refractivity contribution in [2.24, 2.45) is 11.5 Å². The van der Waals surface area contributed by atoms with Gasteiger partial charge in [-0.15, -0.1) is 0 Å². The number of rotatable bonds is 7. The molecular weight excluding hydrogens is 254 g/mol. The maximum absolute atomic E-state index is 12.4. The van der Waals surface area contributed by atoms with E-state index >= 15 is 0 Å². The Morgan fingerprint density at radius 2 is 1.85 bits per heavy atom. The monoisotopic (exact) mass is 277 g/mol. The van der Waals surface area contributed by atoms with Gasteiger partial charge in [-0.2, -0.15) is 0 Å². The molecule has 0 aliphatic carbocycles. The summed E-state index contributed by atoms with van der Waals surface area (Å²) < 4.78 is 0. The largest absolute Gasteiger partial charge is 0.368 e. The summed E-state index contributed by atoms with van der Waals surface area (Å²) in [4.78, 5) is 24.9. The Kier molecular flexibility index (Phi) is 6.18. The quantitative estimate of drug-likeness (QED) is 0.782. The topological polar surface area (TPSA) is 89.4 Å². The molecule has 0 saturated carbocycles. The van der Waals surface area contributed by atoms with E-state index in [0.717, 1.165) is 24.0 Å². The summed E-state index contributed by atoms with van der Waals surface area (Å²) in [5.74, 6) is -0.785. The van der Waals surface area contributed by atoms with Crippen LogP contribution in [0.5, 0.6) is 0 Å². The van der Waals surface area contributed by atoms with Gasteiger partial charge in [0.15, 0.2) is 0 Å². The van der Waals surface area contributed by atoms with Gasteiger partial charge >= 0.3 is 0 Å². The van der Waals surface area contributed by atoms with E-state index in [-0.39, 0.29) is 12.5 Å². The zero-order valence-electron chi connectivity index (χ0n) is 12.1. The fourth-order valence-corrected chi connectivity index (χ4v) is 1.92. The van der Waals surface area contributed by atoms with Crippen LogP contribution in [-0.4, -0.2) is 29.8 Å². The van der Waals surface area contributed by atoms with Gasteiger partial charge in [-0.25, -0.2) is 0 Å². The van der Waals surface area contributed by atoms with Gasteiger partial charge in [0.05, 0.1) is 6.54 Å². The number of nitrogens with two attached hydrogens (primary N) is 2. The predicted octanol–water partition coefficient (Wildman–Crippen LogP) is 1.11. The minimum Gasteiger partial charge on any atom is -0.368 e. The van der Waals surface area contributed by atoms with Crippen LogP contribution >= 0.6 is 0 Å². The number of hydrogen-bond donors (Lipinski definition) is 2. The van der Waals surface area contributed by atoms with E-state index in [9.17, 15) is 9.59 Å². The van der Waals surface area contributed by atoms with Crippen molar-refractivity contribution in [3.63, 3.8) is 0 Å². The fourth-order valence-electron chi connectivity index (χ4n) is 1.92. The summed E-state index contributed by atoms with van der Waals surface area (Å²) in [6.45, 7) is 4.40. The second-order valence-electron chi connectivity index (χ2n) is 4.97. The van der Waals surface area contributed by atoms with Crippen LogP contribution in [-0.2, 0) is 9.59 Å². The first kappa shape index (κ1) is 16.2. The second-order valence-corrected chi connectivity index (χ2v) is 4.97. The third-order valence-corrected chi connectivity index (χ3v) is 3.14. The molecule has 0 aliphatic heterocycles. The van der Waals surface area contributed by atoms with E-state index in [0.29, 0.717) is 6.54 Å². The molecule has 0 radical (unpaired) electrons. The van der Waals surface area contributed by atoms with Gasteiger partial charge in [0.1, 0.15) is 6.04 Å². The molecule has 1 aromatic rings. The minimum atomic E-state index is -0.758. The van der Waals surface area contributed by atoms with Crippen LogP contribution in [0.4, 0.5) is 0 Å². The van der Waals surface area contributed by atoms with Gasteiger partial charge in [-0.1, -0.05) is 43.2 Å². The van der Waals surface area contributed by atoms with Crippen LogP contribution in [0.25, 0.3) is 0 Å². The lowest BCUT2D eigenvalue weighted by atomic mass is 10.0. The van der Waals surface area contributed by atoms with Crippen LogP contribution in [0, 0.1) is 6.92 Å². The molecule has 0 fully saturated rings. The summed E-state index contributed by atoms with van der Waals surface area (Å²) in [6.07, 6.45) is 1.75. The molecule has 0 aromatic heterocycles. The molecular formula is C15H23N3O2. The SMILES string of the molecule is CCCCN(CC(N)=O)C(=O)C(N)c1ccc(C)cc1. The van der Waals surface area contributed by atoms with Gasteiger partial charge in [0.2, 0.25) is 11.8 Å². The van der Waals surface area contributed by atoms with Crippen molar-refractivity contribution in [2.45, 2.75) is 32.7 Å². The lowest BCUT2D eigenvalue weighted by Crippen LogP contribution is -2.43. The number of primary amides is 1. The highest BCUT2D eigenvalue weighted by Gasteiger charge is 2.23. The molecule has 20 heavy (non-hydrogen) atoms. The van der Waals surface area contributed by atoms with E-state index in [1.165, 1.54) is 4.90 Å². The Bertz CT molecular complexity index is 457. The molecule has 110 valence electrons. The maximum Gasteiger partial charge on any atom is 0.244 e. The first-order valence-corrected chi connectivity index (χ1v) is 6.85. The standard InChI is InChI=1S/C15H23N3O2/c1-3-4-9-18(10-13(16)19)15(20)14(17)12-7-5-11(2)6-8-12/h5-8,14H,3-4,9-10,17H2,1-2H3,(H2,16,19). The Hall–Kier alpha value is -1.88. The van der Waals surface area contributed by atoms with Gasteiger partial charge in [0.25, 0.3) is 0 Å². The molecule has 0 bridgehead atoms. The van der Waals surface area contributed by atoms with Crippen molar-refractivity contribution in [1.82, 2.24) is 4.90 Å². The molecule has 4 N–H and O–H groups in total. The molecule has 5 nitrogen and oxygen atoms in total. The van der Waals surface area contributed by atoms with E-state index in [1.54, 1.807) is 0 Å². The molecule has 2 amide bonds. The highest BCUT2D eigenvalue weighted by Crippen LogP contribution is 2.14. The smallest absolute Gasteiger partial charge is 0.244 e. The fraction of sp³-hybridized carbons (Fsp3) is 0.467. The molecule has 1 atom stereocenters. The molecule has 1 unspecified atom stereocenters. The van der Waals surface area contributed by atoms with Gasteiger partial charge in [-0.3, -0.25) is 9.59 Å². The zero-order chi connectivity index (χ0) is 15.1. The summed E-state index contributed by atoms with van der Waals surface area (Å²) >= 11 is 0. The van der Waals surface area contributed by atoms with Crippen LogP contribution < -0.4 is 11.5 Å². The summed E-state index contributed by atoms with van der Waals surface area (Å²) in [7, 11) is 0. The molecule has 1 aromatic carbocycles. The van der Waals surface area contributed by atoms with Crippen molar-refractivity contribution >= 4 is 11.8 Å². The summed E-state index contributed by atoms with van der Waals surface area (Å²) in [5.41, 5.74) is 13.0. The van der Waals surface area contributed by atoms with Gasteiger partial charge < -0.3 is 16.4 Å². The minimum absolute atomic E-state index is 0.0849. The number of aryl methyl sites for hydroxylation is 1. The van der Waals surface area contributed by atoms with Crippen molar-refractivity contribution in [1.29, 1.82) is 0 Å². The van der Waals surface area contributed by atoms with E-state index in [2.05, 4.69) is 0 Å². The third kappa shape index (κ3) is 4.66. The first-order valence-electron chi connectivity index (χ1n) is 6.85. The van der Waals surface area contributed by atoms with Crippen molar-refractivity contribution in [2.75, 3.05) is 13.1 Å². The van der Waals surface area contributed by atoms with Crippen molar-refractivity contribution in [3.05, 3.63) is 35.4 Å². The average molecular weight is 277 g/mol. The molecule has 0 heterocycles. The Morgan fingerprint density at radius 3 is 2.35 bits per heavy atom. The molecule has 5 heteroatoms. The van der Waals surface area contributed by atoms with Crippen LogP contribution in [0.2, 0.25) is 0 Å². The van der Waals surface area contributed by atoms with Crippen LogP contribution in [0.1, 0.15) is 36.9 Å². The highest BCUT2D eigenvalue weighted by atomic mass is 16.2. The number of nitrogens with zero attached hydrogens (tertiary/aromatic N) is 1. The zero-order valence-corrected chi connectivity index (χ0v) is 12.1. The van der Waals surface area contributed by atoms with Crippen molar-refractivity contribution in [3.8, 4) is 0 Å². The number of unbranched alkanes of at least 4 members (excludes halogenated alkanes) is 1. The van der Waals surface area contributed by atoms with Crippen LogP contribution in [0.15, 0.2) is 24.3 Å². The number of carbonyl (C=O) groups is 2. The van der Waals surface area contributed by atoms with Crippen LogP contribution in [0.3, 0.4) is 0 Å². The highest BCUT2D eigenvalue weighted by molar-refractivity contribution is 5.87. The number of benzene rings is 1. The number of carbonyl (C=O) groups excluding carboxylic acids is 2. The lowest BCUT2D eigenvalue weighted by Gasteiger charge is -2.24. The van der Waals surface area contributed by atoms with E-state index in [1.807, 2.05) is 38.1 Å². The maximum atomic E-state index is 12.4. The van der Waals surface area contributed by atoms with E-state index < -0.39 is 11.9 Å². The number of amides is 2. The second kappa shape index (κ2) is 7.65. The van der Waals surface area contributed by atoms with Crippen molar-refractivity contribution < 1.29 is 9.59 Å². The summed E-state index contributed by atoms with van der Waals surface area (Å²) in [5, 5.41) is 0. The Balaban J connectivity index is 2.81. The normalized spacial score (nSPS) is 11.9. The predicted molar refractivity (Wildman–Crippen MR) is 78.8 cm³/mol. The average Bonchev–Trinajstić information content (AvgIpc) is 2.42. The lowest BCUT2D eigenvalue weighted by molar-refractivity contribution is -0.136.